The van der Waals surface area contributed by atoms with Gasteiger partial charge in [0.05, 0.1) is 34.1 Å². The molecule has 1 aliphatic heterocycles. The molecule has 6 nitrogen and oxygen atoms in total. The first-order valence-electron chi connectivity index (χ1n) is 8.01. The normalized spacial score (nSPS) is 13.8. The van der Waals surface area contributed by atoms with Gasteiger partial charge in [-0.2, -0.15) is 4.98 Å². The number of aliphatic hydroxyl groups excluding tert-OH is 1. The van der Waals surface area contributed by atoms with Crippen LogP contribution in [0.15, 0.2) is 53.0 Å². The van der Waals surface area contributed by atoms with Crippen molar-refractivity contribution in [2.24, 2.45) is 0 Å². The highest BCUT2D eigenvalue weighted by Crippen LogP contribution is 2.32. The Bertz CT molecular complexity index is 1230. The lowest BCUT2D eigenvalue weighted by atomic mass is 10.1. The minimum absolute atomic E-state index is 0.154. The molecule has 4 aromatic rings. The molecule has 0 fully saturated rings. The van der Waals surface area contributed by atoms with Crippen molar-refractivity contribution in [1.29, 1.82) is 0 Å². The summed E-state index contributed by atoms with van der Waals surface area (Å²) in [6.07, 6.45) is 0. The summed E-state index contributed by atoms with van der Waals surface area (Å²) < 4.78 is 1.88. The van der Waals surface area contributed by atoms with Gasteiger partial charge < -0.3 is 14.7 Å². The second-order valence-electron chi connectivity index (χ2n) is 6.22. The first-order valence-corrected chi connectivity index (χ1v) is 8.01. The van der Waals surface area contributed by atoms with E-state index in [-0.39, 0.29) is 17.9 Å². The number of rotatable bonds is 1. The third-order valence-electron chi connectivity index (χ3n) is 4.65. The van der Waals surface area contributed by atoms with Gasteiger partial charge >= 0.3 is 0 Å². The molecule has 0 atom stereocenters. The van der Waals surface area contributed by atoms with Crippen LogP contribution in [0.3, 0.4) is 0 Å². The van der Waals surface area contributed by atoms with Gasteiger partial charge in [-0.1, -0.05) is 24.3 Å². The largest absolute Gasteiger partial charge is 0.509 e. The third-order valence-corrected chi connectivity index (χ3v) is 4.65. The van der Waals surface area contributed by atoms with Gasteiger partial charge in [-0.15, -0.1) is 0 Å². The number of aryl methyl sites for hydroxylation is 1. The zero-order chi connectivity index (χ0) is 17.1. The zero-order valence-electron chi connectivity index (χ0n) is 13.4. The summed E-state index contributed by atoms with van der Waals surface area (Å²) in [6.45, 7) is 2.22. The molecule has 25 heavy (non-hydrogen) atoms. The highest BCUT2D eigenvalue weighted by atomic mass is 16.3. The van der Waals surface area contributed by atoms with Crippen LogP contribution in [0.2, 0.25) is 0 Å². The van der Waals surface area contributed by atoms with Gasteiger partial charge in [0.15, 0.2) is 5.82 Å². The first kappa shape index (κ1) is 14.0. The smallest absolute Gasteiger partial charge is 0.281 e. The van der Waals surface area contributed by atoms with Crippen molar-refractivity contribution in [3.05, 3.63) is 75.8 Å². The van der Waals surface area contributed by atoms with Gasteiger partial charge in [0, 0.05) is 0 Å². The monoisotopic (exact) mass is 330 g/mol. The standard InChI is InChI=1S/C19H14N4O2/c1-10-5-4-6-11-16(10)23-9-14(24)15(18(23)22-19(11)25)17-20-12-7-2-3-8-13(12)21-17/h2-8,24H,9H2,1H3,(H,20,21). The second-order valence-corrected chi connectivity index (χ2v) is 6.22. The van der Waals surface area contributed by atoms with E-state index in [9.17, 15) is 9.90 Å². The topological polar surface area (TPSA) is 83.8 Å². The zero-order valence-corrected chi connectivity index (χ0v) is 13.4. The molecule has 0 bridgehead atoms. The molecule has 0 unspecified atom stereocenters. The third kappa shape index (κ3) is 1.88. The van der Waals surface area contributed by atoms with Crippen LogP contribution >= 0.6 is 0 Å². The van der Waals surface area contributed by atoms with Crippen molar-refractivity contribution in [2.45, 2.75) is 13.5 Å². The summed E-state index contributed by atoms with van der Waals surface area (Å²) in [5, 5.41) is 11.1. The average Bonchev–Trinajstić information content (AvgIpc) is 3.15. The fraction of sp³-hybridized carbons (Fsp3) is 0.105. The van der Waals surface area contributed by atoms with Crippen LogP contribution in [-0.4, -0.2) is 24.6 Å². The molecule has 0 radical (unpaired) electrons. The van der Waals surface area contributed by atoms with Crippen molar-refractivity contribution in [3.63, 3.8) is 0 Å². The summed E-state index contributed by atoms with van der Waals surface area (Å²) in [7, 11) is 0. The van der Waals surface area contributed by atoms with Gasteiger partial charge in [0.1, 0.15) is 11.6 Å². The molecular formula is C19H14N4O2. The highest BCUT2D eigenvalue weighted by Gasteiger charge is 2.28. The van der Waals surface area contributed by atoms with Crippen molar-refractivity contribution in [1.82, 2.24) is 19.5 Å². The molecule has 0 amide bonds. The number of hydrogen-bond donors (Lipinski definition) is 2. The molecule has 2 aromatic carbocycles. The maximum atomic E-state index is 12.5. The molecule has 0 spiro atoms. The summed E-state index contributed by atoms with van der Waals surface area (Å²) in [5.74, 6) is 1.12. The molecule has 2 N–H and O–H groups in total. The van der Waals surface area contributed by atoms with E-state index in [2.05, 4.69) is 15.0 Å². The van der Waals surface area contributed by atoms with E-state index in [1.54, 1.807) is 6.07 Å². The van der Waals surface area contributed by atoms with Crippen molar-refractivity contribution in [2.75, 3.05) is 0 Å². The van der Waals surface area contributed by atoms with Crippen LogP contribution in [0.5, 0.6) is 0 Å². The molecule has 5 rings (SSSR count). The average molecular weight is 330 g/mol. The maximum Gasteiger partial charge on any atom is 0.281 e. The minimum atomic E-state index is -0.298. The molecule has 0 saturated heterocycles. The second kappa shape index (κ2) is 4.80. The van der Waals surface area contributed by atoms with E-state index in [1.165, 1.54) is 0 Å². The fourth-order valence-electron chi connectivity index (χ4n) is 3.53. The SMILES string of the molecule is Cc1cccc2c(=O)nc3n(c12)CC(O)=C3c1nc2ccccc2[nH]1. The highest BCUT2D eigenvalue weighted by molar-refractivity contribution is 5.88. The number of H-pyrrole nitrogens is 1. The Hall–Kier alpha value is -3.41. The Morgan fingerprint density at radius 2 is 1.96 bits per heavy atom. The lowest BCUT2D eigenvalue weighted by molar-refractivity contribution is 0.389. The number of nitrogens with one attached hydrogen (secondary N) is 1. The van der Waals surface area contributed by atoms with Gasteiger partial charge in [0.25, 0.3) is 5.56 Å². The molecule has 122 valence electrons. The number of hydrogen-bond acceptors (Lipinski definition) is 4. The lowest BCUT2D eigenvalue weighted by Gasteiger charge is -2.11. The number of fused-ring (bicyclic) bond motifs is 4. The number of allylic oxidation sites excluding steroid dienone is 1. The lowest BCUT2D eigenvalue weighted by Crippen LogP contribution is -2.16. The Balaban J connectivity index is 1.82. The maximum absolute atomic E-state index is 12.5. The van der Waals surface area contributed by atoms with Gasteiger partial charge in [0.2, 0.25) is 0 Å². The van der Waals surface area contributed by atoms with E-state index in [0.29, 0.717) is 22.6 Å². The van der Waals surface area contributed by atoms with Crippen LogP contribution in [0.25, 0.3) is 27.5 Å². The Labute approximate surface area is 142 Å². The van der Waals surface area contributed by atoms with Gasteiger partial charge in [-0.05, 0) is 30.7 Å². The van der Waals surface area contributed by atoms with Crippen molar-refractivity contribution < 1.29 is 5.11 Å². The quantitative estimate of drug-likeness (QED) is 0.562. The summed E-state index contributed by atoms with van der Waals surface area (Å²) in [4.78, 5) is 24.5. The summed E-state index contributed by atoms with van der Waals surface area (Å²) >= 11 is 0. The summed E-state index contributed by atoms with van der Waals surface area (Å²) in [6, 6.07) is 13.2. The predicted molar refractivity (Wildman–Crippen MR) is 95.5 cm³/mol. The van der Waals surface area contributed by atoms with Gasteiger partial charge in [-0.3, -0.25) is 4.79 Å². The Morgan fingerprint density at radius 1 is 1.12 bits per heavy atom. The minimum Gasteiger partial charge on any atom is -0.509 e. The van der Waals surface area contributed by atoms with Crippen LogP contribution in [0.1, 0.15) is 17.2 Å². The van der Waals surface area contributed by atoms with Crippen LogP contribution in [-0.2, 0) is 6.54 Å². The Kier molecular flexibility index (Phi) is 2.68. The number of benzene rings is 2. The number of imidazole rings is 1. The molecule has 6 heteroatoms. The van der Waals surface area contributed by atoms with E-state index in [1.807, 2.05) is 47.9 Å². The molecule has 1 aliphatic rings. The van der Waals surface area contributed by atoms with E-state index in [0.717, 1.165) is 22.1 Å². The predicted octanol–water partition coefficient (Wildman–Crippen LogP) is 2.91. The number of nitrogens with zero attached hydrogens (tertiary/aromatic N) is 3. The van der Waals surface area contributed by atoms with E-state index in [4.69, 9.17) is 0 Å². The van der Waals surface area contributed by atoms with Gasteiger partial charge in [-0.25, -0.2) is 4.98 Å². The number of aromatic amines is 1. The van der Waals surface area contributed by atoms with Crippen molar-refractivity contribution >= 4 is 27.5 Å². The van der Waals surface area contributed by atoms with E-state index < -0.39 is 0 Å². The molecule has 3 heterocycles. The summed E-state index contributed by atoms with van der Waals surface area (Å²) in [5.41, 5.74) is 3.63. The molecule has 0 aliphatic carbocycles. The fourth-order valence-corrected chi connectivity index (χ4v) is 3.53. The van der Waals surface area contributed by atoms with Crippen LogP contribution in [0.4, 0.5) is 0 Å². The number of para-hydroxylation sites is 3. The first-order chi connectivity index (χ1) is 12.1. The number of aromatic nitrogens is 4. The molecular weight excluding hydrogens is 316 g/mol. The Morgan fingerprint density at radius 3 is 2.80 bits per heavy atom. The van der Waals surface area contributed by atoms with Crippen LogP contribution in [0, 0.1) is 6.92 Å². The van der Waals surface area contributed by atoms with Crippen molar-refractivity contribution in [3.8, 4) is 0 Å². The van der Waals surface area contributed by atoms with E-state index >= 15 is 0 Å². The van der Waals surface area contributed by atoms with Crippen LogP contribution < -0.4 is 5.56 Å². The molecule has 0 saturated carbocycles. The molecule has 2 aromatic heterocycles. The number of aliphatic hydroxyl groups is 1.